The maximum atomic E-state index is 12.6. The van der Waals surface area contributed by atoms with Crippen molar-refractivity contribution in [3.8, 4) is 5.69 Å². The first-order chi connectivity index (χ1) is 11.1. The molecule has 1 aromatic heterocycles. The van der Waals surface area contributed by atoms with Gasteiger partial charge in [0, 0.05) is 0 Å². The molecule has 0 aliphatic heterocycles. The Morgan fingerprint density at radius 2 is 2.09 bits per heavy atom. The third kappa shape index (κ3) is 3.71. The van der Waals surface area contributed by atoms with Gasteiger partial charge < -0.3 is 10.1 Å². The first-order valence-corrected chi connectivity index (χ1v) is 7.29. The molecule has 8 nitrogen and oxygen atoms in total. The number of carbonyl (C=O) groups is 2. The van der Waals surface area contributed by atoms with Crippen molar-refractivity contribution in [3.05, 3.63) is 36.2 Å². The van der Waals surface area contributed by atoms with Crippen molar-refractivity contribution in [2.75, 3.05) is 7.11 Å². The van der Waals surface area contributed by atoms with E-state index in [0.717, 1.165) is 6.42 Å². The summed E-state index contributed by atoms with van der Waals surface area (Å²) >= 11 is 0. The van der Waals surface area contributed by atoms with E-state index < -0.39 is 12.0 Å². The van der Waals surface area contributed by atoms with Crippen molar-refractivity contribution < 1.29 is 14.3 Å². The van der Waals surface area contributed by atoms with Crippen molar-refractivity contribution >= 4 is 11.9 Å². The lowest BCUT2D eigenvalue weighted by molar-refractivity contribution is -0.144. The number of para-hydroxylation sites is 1. The van der Waals surface area contributed by atoms with E-state index in [1.165, 1.54) is 18.1 Å². The van der Waals surface area contributed by atoms with Crippen LogP contribution in [-0.2, 0) is 9.53 Å². The van der Waals surface area contributed by atoms with Gasteiger partial charge in [0.2, 0.25) is 0 Å². The van der Waals surface area contributed by atoms with Crippen molar-refractivity contribution in [1.29, 1.82) is 0 Å². The summed E-state index contributed by atoms with van der Waals surface area (Å²) in [6, 6.07) is 6.18. The number of tetrazole rings is 1. The number of hydrogen-bond donors (Lipinski definition) is 1. The monoisotopic (exact) mass is 317 g/mol. The zero-order chi connectivity index (χ0) is 16.8. The molecule has 0 spiro atoms. The molecule has 2 rings (SSSR count). The normalized spacial score (nSPS) is 13.2. The highest BCUT2D eigenvalue weighted by molar-refractivity contribution is 5.99. The standard InChI is InChI=1S/C15H19N5O3/c1-4-10(2)13(15(22)23-3)17-14(21)11-7-5-6-8-12(11)20-9-16-18-19-20/h5-10,13H,4H2,1-3H3,(H,17,21)/t10-,13+/m0/s1. The number of nitrogens with one attached hydrogen (secondary N) is 1. The van der Waals surface area contributed by atoms with Crippen molar-refractivity contribution in [2.45, 2.75) is 26.3 Å². The largest absolute Gasteiger partial charge is 0.467 e. The van der Waals surface area contributed by atoms with Crippen LogP contribution in [0.25, 0.3) is 5.69 Å². The second-order valence-corrected chi connectivity index (χ2v) is 5.13. The highest BCUT2D eigenvalue weighted by atomic mass is 16.5. The molecule has 0 saturated heterocycles. The van der Waals surface area contributed by atoms with Gasteiger partial charge in [-0.15, -0.1) is 5.10 Å². The fourth-order valence-corrected chi connectivity index (χ4v) is 2.15. The predicted molar refractivity (Wildman–Crippen MR) is 81.9 cm³/mol. The molecule has 8 heteroatoms. The molecule has 0 aliphatic rings. The number of carbonyl (C=O) groups excluding carboxylic acids is 2. The summed E-state index contributed by atoms with van der Waals surface area (Å²) in [5, 5.41) is 13.7. The Morgan fingerprint density at radius 3 is 2.70 bits per heavy atom. The summed E-state index contributed by atoms with van der Waals surface area (Å²) < 4.78 is 6.18. The van der Waals surface area contributed by atoms with Gasteiger partial charge in [0.15, 0.2) is 0 Å². The maximum Gasteiger partial charge on any atom is 0.328 e. The minimum absolute atomic E-state index is 0.0494. The molecular formula is C15H19N5O3. The lowest BCUT2D eigenvalue weighted by Crippen LogP contribution is -2.45. The summed E-state index contributed by atoms with van der Waals surface area (Å²) in [5.41, 5.74) is 0.903. The predicted octanol–water partition coefficient (Wildman–Crippen LogP) is 0.980. The van der Waals surface area contributed by atoms with E-state index in [1.54, 1.807) is 24.3 Å². The summed E-state index contributed by atoms with van der Waals surface area (Å²) in [7, 11) is 1.30. The average molecular weight is 317 g/mol. The first kappa shape index (κ1) is 16.6. The molecule has 2 atom stereocenters. The Hall–Kier alpha value is -2.77. The molecule has 0 bridgehead atoms. The number of aromatic nitrogens is 4. The van der Waals surface area contributed by atoms with Crippen LogP contribution in [0.1, 0.15) is 30.6 Å². The number of benzene rings is 1. The van der Waals surface area contributed by atoms with Crippen LogP contribution in [-0.4, -0.2) is 45.2 Å². The van der Waals surface area contributed by atoms with Gasteiger partial charge in [-0.1, -0.05) is 32.4 Å². The van der Waals surface area contributed by atoms with E-state index in [0.29, 0.717) is 11.3 Å². The van der Waals surface area contributed by atoms with E-state index in [9.17, 15) is 9.59 Å². The summed E-state index contributed by atoms with van der Waals surface area (Å²) in [5.74, 6) is -0.897. The van der Waals surface area contributed by atoms with E-state index >= 15 is 0 Å². The third-order valence-corrected chi connectivity index (χ3v) is 3.70. The van der Waals surface area contributed by atoms with Crippen LogP contribution in [0, 0.1) is 5.92 Å². The number of amides is 1. The summed E-state index contributed by atoms with van der Waals surface area (Å²) in [6.45, 7) is 3.83. The topological polar surface area (TPSA) is 99.0 Å². The number of nitrogens with zero attached hydrogens (tertiary/aromatic N) is 4. The van der Waals surface area contributed by atoms with Gasteiger partial charge in [0.1, 0.15) is 12.4 Å². The van der Waals surface area contributed by atoms with E-state index in [2.05, 4.69) is 20.8 Å². The van der Waals surface area contributed by atoms with Crippen molar-refractivity contribution in [3.63, 3.8) is 0 Å². The fraction of sp³-hybridized carbons (Fsp3) is 0.400. The highest BCUT2D eigenvalue weighted by Crippen LogP contribution is 2.15. The molecule has 0 radical (unpaired) electrons. The van der Waals surface area contributed by atoms with E-state index in [1.807, 2.05) is 13.8 Å². The minimum Gasteiger partial charge on any atom is -0.467 e. The molecular weight excluding hydrogens is 298 g/mol. The SMILES string of the molecule is CC[C@H](C)[C@@H](NC(=O)c1ccccc1-n1cnnn1)C(=O)OC. The number of methoxy groups -OCH3 is 1. The molecule has 23 heavy (non-hydrogen) atoms. The molecule has 2 aromatic rings. The van der Waals surface area contributed by atoms with Crippen LogP contribution in [0.3, 0.4) is 0 Å². The van der Waals surface area contributed by atoms with Crippen molar-refractivity contribution in [2.24, 2.45) is 5.92 Å². The van der Waals surface area contributed by atoms with Gasteiger partial charge in [0.25, 0.3) is 5.91 Å². The number of rotatable bonds is 6. The second kappa shape index (κ2) is 7.48. The zero-order valence-electron chi connectivity index (χ0n) is 13.3. The Morgan fingerprint density at radius 1 is 1.35 bits per heavy atom. The molecule has 0 unspecified atom stereocenters. The zero-order valence-corrected chi connectivity index (χ0v) is 13.3. The smallest absolute Gasteiger partial charge is 0.328 e. The molecule has 122 valence electrons. The lowest BCUT2D eigenvalue weighted by atomic mass is 9.98. The molecule has 0 saturated carbocycles. The van der Waals surface area contributed by atoms with Crippen LogP contribution >= 0.6 is 0 Å². The van der Waals surface area contributed by atoms with Gasteiger partial charge in [-0.05, 0) is 28.5 Å². The second-order valence-electron chi connectivity index (χ2n) is 5.13. The maximum absolute atomic E-state index is 12.6. The molecule has 1 heterocycles. The van der Waals surface area contributed by atoms with Gasteiger partial charge in [-0.2, -0.15) is 4.68 Å². The molecule has 0 aliphatic carbocycles. The molecule has 1 aromatic carbocycles. The number of ether oxygens (including phenoxy) is 1. The van der Waals surface area contributed by atoms with Gasteiger partial charge in [-0.25, -0.2) is 4.79 Å². The first-order valence-electron chi connectivity index (χ1n) is 7.29. The molecule has 0 fully saturated rings. The third-order valence-electron chi connectivity index (χ3n) is 3.70. The van der Waals surface area contributed by atoms with Crippen LogP contribution < -0.4 is 5.32 Å². The molecule has 1 amide bonds. The Labute approximate surface area is 133 Å². The fourth-order valence-electron chi connectivity index (χ4n) is 2.15. The van der Waals surface area contributed by atoms with Gasteiger partial charge in [0.05, 0.1) is 18.4 Å². The summed E-state index contributed by atoms with van der Waals surface area (Å²) in [6.07, 6.45) is 2.13. The van der Waals surface area contributed by atoms with Crippen LogP contribution in [0.2, 0.25) is 0 Å². The number of hydrogen-bond acceptors (Lipinski definition) is 6. The van der Waals surface area contributed by atoms with Gasteiger partial charge in [-0.3, -0.25) is 4.79 Å². The van der Waals surface area contributed by atoms with Crippen molar-refractivity contribution in [1.82, 2.24) is 25.5 Å². The Bertz CT molecular complexity index is 672. The minimum atomic E-state index is -0.709. The van der Waals surface area contributed by atoms with E-state index in [-0.39, 0.29) is 11.8 Å². The quantitative estimate of drug-likeness (QED) is 0.797. The Balaban J connectivity index is 2.28. The number of esters is 1. The van der Waals surface area contributed by atoms with E-state index in [4.69, 9.17) is 4.74 Å². The molecule has 1 N–H and O–H groups in total. The average Bonchev–Trinajstić information content (AvgIpc) is 3.12. The van der Waals surface area contributed by atoms with Gasteiger partial charge >= 0.3 is 5.97 Å². The van der Waals surface area contributed by atoms with Crippen LogP contribution in [0.15, 0.2) is 30.6 Å². The van der Waals surface area contributed by atoms with Crippen LogP contribution in [0.5, 0.6) is 0 Å². The Kier molecular flexibility index (Phi) is 5.40. The highest BCUT2D eigenvalue weighted by Gasteiger charge is 2.28. The van der Waals surface area contributed by atoms with Crippen LogP contribution in [0.4, 0.5) is 0 Å². The lowest BCUT2D eigenvalue weighted by Gasteiger charge is -2.22. The summed E-state index contributed by atoms with van der Waals surface area (Å²) in [4.78, 5) is 24.5.